The zero-order valence-electron chi connectivity index (χ0n) is 14.7. The van der Waals surface area contributed by atoms with Crippen LogP contribution in [0.15, 0.2) is 54.9 Å². The van der Waals surface area contributed by atoms with Crippen LogP contribution in [0.25, 0.3) is 11.3 Å². The summed E-state index contributed by atoms with van der Waals surface area (Å²) in [5, 5.41) is 13.7. The van der Waals surface area contributed by atoms with Crippen molar-refractivity contribution in [1.29, 1.82) is 0 Å². The van der Waals surface area contributed by atoms with Gasteiger partial charge in [0.05, 0.1) is 12.2 Å². The molecule has 0 aliphatic rings. The Balaban J connectivity index is 1.43. The molecule has 0 unspecified atom stereocenters. The molecule has 4 rings (SSSR count). The lowest BCUT2D eigenvalue weighted by Crippen LogP contribution is -2.14. The summed E-state index contributed by atoms with van der Waals surface area (Å²) in [4.78, 5) is 16.4. The molecule has 4 aromatic rings. The minimum atomic E-state index is -0.483. The van der Waals surface area contributed by atoms with Gasteiger partial charge in [-0.15, -0.1) is 5.10 Å². The zero-order valence-corrected chi connectivity index (χ0v) is 15.5. The highest BCUT2D eigenvalue weighted by atomic mass is 35.5. The summed E-state index contributed by atoms with van der Waals surface area (Å²) in [7, 11) is 0. The summed E-state index contributed by atoms with van der Waals surface area (Å²) in [5.41, 5.74) is 2.02. The minimum Gasteiger partial charge on any atom is -0.288 e. The average Bonchev–Trinajstić information content (AvgIpc) is 3.34. The van der Waals surface area contributed by atoms with Gasteiger partial charge in [0.15, 0.2) is 0 Å². The molecule has 2 heterocycles. The number of nitrogens with one attached hydrogen (secondary N) is 2. The molecule has 0 saturated heterocycles. The number of carbonyl (C=O) groups excluding carboxylic acids is 1. The predicted molar refractivity (Wildman–Crippen MR) is 102 cm³/mol. The molecule has 1 amide bonds. The summed E-state index contributed by atoms with van der Waals surface area (Å²) >= 11 is 6.01. The molecule has 0 saturated carbocycles. The molecule has 7 nitrogen and oxygen atoms in total. The molecule has 0 bridgehead atoms. The van der Waals surface area contributed by atoms with Gasteiger partial charge in [0.1, 0.15) is 23.7 Å². The lowest BCUT2D eigenvalue weighted by atomic mass is 10.1. The van der Waals surface area contributed by atoms with Crippen molar-refractivity contribution in [2.45, 2.75) is 6.54 Å². The number of halogens is 3. The first-order valence-corrected chi connectivity index (χ1v) is 8.82. The Morgan fingerprint density at radius 1 is 1.10 bits per heavy atom. The van der Waals surface area contributed by atoms with Crippen LogP contribution in [0.3, 0.4) is 0 Å². The van der Waals surface area contributed by atoms with Crippen LogP contribution >= 0.6 is 11.6 Å². The molecule has 0 fully saturated rings. The summed E-state index contributed by atoms with van der Waals surface area (Å²) < 4.78 is 27.6. The van der Waals surface area contributed by atoms with E-state index in [2.05, 4.69) is 25.6 Å². The van der Waals surface area contributed by atoms with Crippen molar-refractivity contribution in [2.75, 3.05) is 5.32 Å². The third-order valence-corrected chi connectivity index (χ3v) is 4.42. The maximum atomic E-state index is 13.1. The molecule has 29 heavy (non-hydrogen) atoms. The zero-order chi connectivity index (χ0) is 20.4. The van der Waals surface area contributed by atoms with E-state index < -0.39 is 11.7 Å². The van der Waals surface area contributed by atoms with Crippen LogP contribution in [0, 0.1) is 11.6 Å². The Labute approximate surface area is 168 Å². The monoisotopic (exact) mass is 414 g/mol. The van der Waals surface area contributed by atoms with Crippen molar-refractivity contribution in [1.82, 2.24) is 25.0 Å². The van der Waals surface area contributed by atoms with Gasteiger partial charge in [-0.25, -0.2) is 18.4 Å². The van der Waals surface area contributed by atoms with Crippen LogP contribution in [-0.2, 0) is 6.54 Å². The number of amides is 1. The van der Waals surface area contributed by atoms with E-state index in [-0.39, 0.29) is 29.0 Å². The van der Waals surface area contributed by atoms with E-state index in [4.69, 9.17) is 11.6 Å². The van der Waals surface area contributed by atoms with Crippen LogP contribution in [0.2, 0.25) is 5.02 Å². The van der Waals surface area contributed by atoms with Crippen LogP contribution < -0.4 is 5.32 Å². The third-order valence-electron chi connectivity index (χ3n) is 4.07. The largest absolute Gasteiger partial charge is 0.288 e. The van der Waals surface area contributed by atoms with Gasteiger partial charge in [-0.3, -0.25) is 15.2 Å². The smallest absolute Gasteiger partial charge is 0.276 e. The van der Waals surface area contributed by atoms with Gasteiger partial charge in [0.2, 0.25) is 5.95 Å². The molecule has 0 radical (unpaired) electrons. The number of anilines is 1. The quantitative estimate of drug-likeness (QED) is 0.518. The van der Waals surface area contributed by atoms with Crippen LogP contribution in [0.1, 0.15) is 16.1 Å². The average molecular weight is 415 g/mol. The first-order chi connectivity index (χ1) is 14.0. The number of benzene rings is 2. The lowest BCUT2D eigenvalue weighted by Gasteiger charge is -2.04. The van der Waals surface area contributed by atoms with E-state index in [1.165, 1.54) is 41.3 Å². The summed E-state index contributed by atoms with van der Waals surface area (Å²) in [6.45, 7) is 0.265. The van der Waals surface area contributed by atoms with Crippen molar-refractivity contribution in [3.05, 3.63) is 82.8 Å². The number of aromatic nitrogens is 5. The molecule has 0 aliphatic carbocycles. The van der Waals surface area contributed by atoms with E-state index in [9.17, 15) is 13.6 Å². The van der Waals surface area contributed by atoms with Crippen molar-refractivity contribution in [2.24, 2.45) is 0 Å². The molecule has 0 atom stereocenters. The SMILES string of the molecule is O=C(Nc1ncn(Cc2ccc(F)cc2Cl)n1)c1cc(-c2ccc(F)cc2)n[nH]1. The Bertz CT molecular complexity index is 1170. The Kier molecular flexibility index (Phi) is 5.05. The second-order valence-corrected chi connectivity index (χ2v) is 6.54. The minimum absolute atomic E-state index is 0.0890. The fourth-order valence-electron chi connectivity index (χ4n) is 2.63. The molecular formula is C19H13ClF2N6O. The molecule has 0 spiro atoms. The number of nitrogens with zero attached hydrogens (tertiary/aromatic N) is 4. The van der Waals surface area contributed by atoms with E-state index in [0.29, 0.717) is 16.8 Å². The molecule has 2 N–H and O–H groups in total. The van der Waals surface area contributed by atoms with E-state index in [1.54, 1.807) is 18.2 Å². The van der Waals surface area contributed by atoms with Gasteiger partial charge < -0.3 is 0 Å². The fraction of sp³-hybridized carbons (Fsp3) is 0.0526. The number of hydrogen-bond donors (Lipinski definition) is 2. The number of carbonyl (C=O) groups is 1. The standard InChI is InChI=1S/C19H13ClF2N6O/c20-15-7-14(22)6-3-12(15)9-28-10-23-19(27-28)24-18(29)17-8-16(25-26-17)11-1-4-13(21)5-2-11/h1-8,10H,9H2,(H,25,26)(H,24,27,29). The highest BCUT2D eigenvalue weighted by Gasteiger charge is 2.14. The van der Waals surface area contributed by atoms with Gasteiger partial charge in [0.25, 0.3) is 5.91 Å². The second-order valence-electron chi connectivity index (χ2n) is 6.13. The number of H-pyrrole nitrogens is 1. The Morgan fingerprint density at radius 3 is 2.62 bits per heavy atom. The molecule has 2 aromatic heterocycles. The number of aromatic amines is 1. The molecule has 0 aliphatic heterocycles. The highest BCUT2D eigenvalue weighted by Crippen LogP contribution is 2.19. The van der Waals surface area contributed by atoms with Crippen molar-refractivity contribution in [3.63, 3.8) is 0 Å². The highest BCUT2D eigenvalue weighted by molar-refractivity contribution is 6.31. The predicted octanol–water partition coefficient (Wildman–Crippen LogP) is 3.90. The number of rotatable bonds is 5. The molecule has 146 valence electrons. The molecule has 2 aromatic carbocycles. The van der Waals surface area contributed by atoms with E-state index in [0.717, 1.165) is 0 Å². The van der Waals surface area contributed by atoms with Crippen LogP contribution in [-0.4, -0.2) is 30.9 Å². The second kappa shape index (κ2) is 7.80. The van der Waals surface area contributed by atoms with Crippen molar-refractivity contribution in [3.8, 4) is 11.3 Å². The third kappa shape index (κ3) is 4.30. The maximum absolute atomic E-state index is 13.1. The lowest BCUT2D eigenvalue weighted by molar-refractivity contribution is 0.102. The van der Waals surface area contributed by atoms with Crippen LogP contribution in [0.4, 0.5) is 14.7 Å². The van der Waals surface area contributed by atoms with Crippen molar-refractivity contribution < 1.29 is 13.6 Å². The molecular weight excluding hydrogens is 402 g/mol. The van der Waals surface area contributed by atoms with Gasteiger partial charge >= 0.3 is 0 Å². The summed E-state index contributed by atoms with van der Waals surface area (Å²) in [6, 6.07) is 11.4. The topological polar surface area (TPSA) is 88.5 Å². The van der Waals surface area contributed by atoms with Crippen molar-refractivity contribution >= 4 is 23.5 Å². The Hall–Kier alpha value is -3.59. The maximum Gasteiger partial charge on any atom is 0.276 e. The normalized spacial score (nSPS) is 10.9. The first-order valence-electron chi connectivity index (χ1n) is 8.44. The molecule has 10 heteroatoms. The first kappa shape index (κ1) is 18.8. The Morgan fingerprint density at radius 2 is 1.86 bits per heavy atom. The van der Waals surface area contributed by atoms with E-state index >= 15 is 0 Å². The van der Waals surface area contributed by atoms with E-state index in [1.807, 2.05) is 0 Å². The number of hydrogen-bond acceptors (Lipinski definition) is 4. The van der Waals surface area contributed by atoms with Crippen LogP contribution in [0.5, 0.6) is 0 Å². The summed E-state index contributed by atoms with van der Waals surface area (Å²) in [6.07, 6.45) is 1.42. The van der Waals surface area contributed by atoms with Gasteiger partial charge in [0, 0.05) is 10.6 Å². The van der Waals surface area contributed by atoms with Gasteiger partial charge in [-0.2, -0.15) is 5.10 Å². The fourth-order valence-corrected chi connectivity index (χ4v) is 2.85. The summed E-state index contributed by atoms with van der Waals surface area (Å²) in [5.74, 6) is -1.18. The van der Waals surface area contributed by atoms with Gasteiger partial charge in [-0.1, -0.05) is 17.7 Å². The van der Waals surface area contributed by atoms with Gasteiger partial charge in [-0.05, 0) is 48.0 Å².